The van der Waals surface area contributed by atoms with E-state index in [0.717, 1.165) is 6.42 Å². The fourth-order valence-electron chi connectivity index (χ4n) is 1.66. The zero-order valence-electron chi connectivity index (χ0n) is 10.6. The summed E-state index contributed by atoms with van der Waals surface area (Å²) in [5.41, 5.74) is 1.51. The molecule has 0 aromatic heterocycles. The van der Waals surface area contributed by atoms with Gasteiger partial charge in [0, 0.05) is 0 Å². The Labute approximate surface area is 95.8 Å². The minimum atomic E-state index is 1.15. The van der Waals surface area contributed by atoms with Crippen LogP contribution in [0.15, 0.2) is 36.0 Å². The summed E-state index contributed by atoms with van der Waals surface area (Å²) in [7, 11) is 0. The molecule has 0 saturated carbocycles. The number of hydrogen-bond donors (Lipinski definition) is 0. The first-order chi connectivity index (χ1) is 7.35. The van der Waals surface area contributed by atoms with E-state index in [1.165, 1.54) is 37.7 Å². The van der Waals surface area contributed by atoms with Crippen molar-refractivity contribution in [3.05, 3.63) is 36.0 Å². The molecular formula is C15H26. The molecule has 86 valence electrons. The molecule has 15 heavy (non-hydrogen) atoms. The first kappa shape index (κ1) is 14.2. The SMILES string of the molecule is C/C=C\C(=C/CC)CCCCC/C=C/C. The highest BCUT2D eigenvalue weighted by Gasteiger charge is 1.92. The summed E-state index contributed by atoms with van der Waals surface area (Å²) in [5, 5.41) is 0. The highest BCUT2D eigenvalue weighted by atomic mass is 14.0. The van der Waals surface area contributed by atoms with Crippen molar-refractivity contribution in [1.82, 2.24) is 0 Å². The van der Waals surface area contributed by atoms with E-state index in [4.69, 9.17) is 0 Å². The summed E-state index contributed by atoms with van der Waals surface area (Å²) in [6, 6.07) is 0. The maximum absolute atomic E-state index is 2.34. The Morgan fingerprint density at radius 1 is 1.00 bits per heavy atom. The molecule has 0 fully saturated rings. The number of unbranched alkanes of at least 4 members (excludes halogenated alkanes) is 3. The second kappa shape index (κ2) is 11.3. The summed E-state index contributed by atoms with van der Waals surface area (Å²) in [6.07, 6.45) is 18.8. The predicted molar refractivity (Wildman–Crippen MR) is 71.1 cm³/mol. The smallest absolute Gasteiger partial charge is 0.0282 e. The van der Waals surface area contributed by atoms with Crippen LogP contribution in [-0.2, 0) is 0 Å². The Morgan fingerprint density at radius 3 is 2.40 bits per heavy atom. The highest BCUT2D eigenvalue weighted by molar-refractivity contribution is 5.17. The lowest BCUT2D eigenvalue weighted by molar-refractivity contribution is 0.687. The molecule has 0 nitrogen and oxygen atoms in total. The van der Waals surface area contributed by atoms with Crippen LogP contribution in [0.3, 0.4) is 0 Å². The van der Waals surface area contributed by atoms with E-state index in [1.807, 2.05) is 0 Å². The van der Waals surface area contributed by atoms with Gasteiger partial charge in [-0.3, -0.25) is 0 Å². The Bertz CT molecular complexity index is 206. The summed E-state index contributed by atoms with van der Waals surface area (Å²) < 4.78 is 0. The minimum Gasteiger partial charge on any atom is -0.0917 e. The van der Waals surface area contributed by atoms with Crippen molar-refractivity contribution in [3.8, 4) is 0 Å². The lowest BCUT2D eigenvalue weighted by Gasteiger charge is -2.01. The van der Waals surface area contributed by atoms with Gasteiger partial charge in [-0.05, 0) is 46.0 Å². The van der Waals surface area contributed by atoms with Crippen molar-refractivity contribution in [2.45, 2.75) is 59.3 Å². The summed E-state index contributed by atoms with van der Waals surface area (Å²) in [4.78, 5) is 0. The third kappa shape index (κ3) is 9.52. The van der Waals surface area contributed by atoms with Crippen LogP contribution in [0.2, 0.25) is 0 Å². The largest absolute Gasteiger partial charge is 0.0917 e. The average Bonchev–Trinajstić information content (AvgIpc) is 2.24. The Kier molecular flexibility index (Phi) is 10.7. The quantitative estimate of drug-likeness (QED) is 0.282. The second-order valence-electron chi connectivity index (χ2n) is 3.86. The minimum absolute atomic E-state index is 1.15. The molecule has 0 bridgehead atoms. The van der Waals surface area contributed by atoms with Crippen LogP contribution >= 0.6 is 0 Å². The molecule has 0 atom stereocenters. The molecule has 0 aliphatic heterocycles. The van der Waals surface area contributed by atoms with Gasteiger partial charge in [0.2, 0.25) is 0 Å². The molecule has 0 heteroatoms. The van der Waals surface area contributed by atoms with E-state index in [1.54, 1.807) is 0 Å². The lowest BCUT2D eigenvalue weighted by atomic mass is 10.0. The number of rotatable bonds is 8. The van der Waals surface area contributed by atoms with Crippen molar-refractivity contribution in [2.75, 3.05) is 0 Å². The van der Waals surface area contributed by atoms with Crippen molar-refractivity contribution in [2.24, 2.45) is 0 Å². The van der Waals surface area contributed by atoms with Crippen molar-refractivity contribution >= 4 is 0 Å². The topological polar surface area (TPSA) is 0 Å². The molecule has 0 radical (unpaired) electrons. The Morgan fingerprint density at radius 2 is 1.80 bits per heavy atom. The molecule has 0 heterocycles. The van der Waals surface area contributed by atoms with Crippen molar-refractivity contribution < 1.29 is 0 Å². The molecule has 0 amide bonds. The van der Waals surface area contributed by atoms with Crippen LogP contribution in [0.25, 0.3) is 0 Å². The molecule has 0 N–H and O–H groups in total. The third-order valence-electron chi connectivity index (χ3n) is 2.42. The van der Waals surface area contributed by atoms with Gasteiger partial charge in [-0.25, -0.2) is 0 Å². The zero-order valence-corrected chi connectivity index (χ0v) is 10.6. The predicted octanol–water partition coefficient (Wildman–Crippen LogP) is 5.43. The molecule has 0 saturated heterocycles. The van der Waals surface area contributed by atoms with Gasteiger partial charge >= 0.3 is 0 Å². The number of allylic oxidation sites excluding steroid dienone is 6. The van der Waals surface area contributed by atoms with Crippen LogP contribution in [-0.4, -0.2) is 0 Å². The Hall–Kier alpha value is -0.780. The van der Waals surface area contributed by atoms with Gasteiger partial charge in [-0.1, -0.05) is 49.3 Å². The molecule has 0 rings (SSSR count). The van der Waals surface area contributed by atoms with Crippen LogP contribution in [0.5, 0.6) is 0 Å². The molecule has 0 aromatic carbocycles. The van der Waals surface area contributed by atoms with Crippen molar-refractivity contribution in [1.29, 1.82) is 0 Å². The van der Waals surface area contributed by atoms with Crippen LogP contribution in [0, 0.1) is 0 Å². The maximum atomic E-state index is 2.34. The molecular weight excluding hydrogens is 180 g/mol. The van der Waals surface area contributed by atoms with E-state index in [2.05, 4.69) is 51.2 Å². The van der Waals surface area contributed by atoms with E-state index in [0.29, 0.717) is 0 Å². The van der Waals surface area contributed by atoms with Crippen LogP contribution < -0.4 is 0 Å². The van der Waals surface area contributed by atoms with Gasteiger partial charge in [-0.15, -0.1) is 0 Å². The molecule has 0 aromatic rings. The Balaban J connectivity index is 3.58. The number of hydrogen-bond acceptors (Lipinski definition) is 0. The molecule has 0 spiro atoms. The standard InChI is InChI=1S/C15H26/c1-4-7-8-9-10-11-14-15(12-5-2)13-6-3/h4-5,7,12-13H,6,8-11,14H2,1-3H3/b7-4+,12-5-,15-13+. The first-order valence-corrected chi connectivity index (χ1v) is 6.28. The monoisotopic (exact) mass is 206 g/mol. The van der Waals surface area contributed by atoms with Crippen LogP contribution in [0.1, 0.15) is 59.3 Å². The normalized spacial score (nSPS) is 13.1. The fraction of sp³-hybridized carbons (Fsp3) is 0.600. The van der Waals surface area contributed by atoms with Gasteiger partial charge in [0.05, 0.1) is 0 Å². The lowest BCUT2D eigenvalue weighted by Crippen LogP contribution is -1.81. The van der Waals surface area contributed by atoms with E-state index in [9.17, 15) is 0 Å². The van der Waals surface area contributed by atoms with Crippen molar-refractivity contribution in [3.63, 3.8) is 0 Å². The average molecular weight is 206 g/mol. The second-order valence-corrected chi connectivity index (χ2v) is 3.86. The fourth-order valence-corrected chi connectivity index (χ4v) is 1.66. The molecule has 0 aliphatic rings. The third-order valence-corrected chi connectivity index (χ3v) is 2.42. The van der Waals surface area contributed by atoms with Gasteiger partial charge in [0.15, 0.2) is 0 Å². The van der Waals surface area contributed by atoms with E-state index in [-0.39, 0.29) is 0 Å². The van der Waals surface area contributed by atoms with E-state index >= 15 is 0 Å². The zero-order chi connectivity index (χ0) is 11.4. The molecule has 0 aliphatic carbocycles. The summed E-state index contributed by atoms with van der Waals surface area (Å²) in [6.45, 7) is 6.39. The van der Waals surface area contributed by atoms with Gasteiger partial charge in [-0.2, -0.15) is 0 Å². The van der Waals surface area contributed by atoms with Gasteiger partial charge in [0.1, 0.15) is 0 Å². The molecule has 0 unspecified atom stereocenters. The van der Waals surface area contributed by atoms with Crippen LogP contribution in [0.4, 0.5) is 0 Å². The van der Waals surface area contributed by atoms with Gasteiger partial charge < -0.3 is 0 Å². The maximum Gasteiger partial charge on any atom is -0.0282 e. The summed E-state index contributed by atoms with van der Waals surface area (Å²) >= 11 is 0. The van der Waals surface area contributed by atoms with Gasteiger partial charge in [0.25, 0.3) is 0 Å². The summed E-state index contributed by atoms with van der Waals surface area (Å²) in [5.74, 6) is 0. The first-order valence-electron chi connectivity index (χ1n) is 6.28. The highest BCUT2D eigenvalue weighted by Crippen LogP contribution is 2.12. The van der Waals surface area contributed by atoms with E-state index < -0.39 is 0 Å².